The van der Waals surface area contributed by atoms with Crippen LogP contribution >= 0.6 is 0 Å². The van der Waals surface area contributed by atoms with E-state index in [-0.39, 0.29) is 62.9 Å². The van der Waals surface area contributed by atoms with E-state index < -0.39 is 29.8 Å². The Labute approximate surface area is 201 Å². The van der Waals surface area contributed by atoms with Crippen molar-refractivity contribution in [2.75, 3.05) is 6.54 Å². The molecule has 0 aliphatic carbocycles. The lowest BCUT2D eigenvalue weighted by Gasteiger charge is -2.34. The average Bonchev–Trinajstić information content (AvgIpc) is 3.13. The third-order valence-corrected chi connectivity index (χ3v) is 6.62. The standard InChI is InChI=1S/C24H30F2N4O5/c1-13(2)35-16-4-7-19(27-11-16)24(25,26)23(34)28-10-14-3-5-17-15(9-14)12-30(22(17)33)18-6-8-20(31)29-21(18)32/h3,5,9,13,16,18-19,27H,4,6-8,10-12H2,1-2H3,(H,28,34)(H,29,31,32). The topological polar surface area (TPSA) is 117 Å². The molecule has 0 bridgehead atoms. The predicted molar refractivity (Wildman–Crippen MR) is 120 cm³/mol. The molecule has 190 valence electrons. The van der Waals surface area contributed by atoms with Crippen molar-refractivity contribution in [2.24, 2.45) is 0 Å². The zero-order valence-electron chi connectivity index (χ0n) is 19.7. The molecule has 1 aromatic carbocycles. The second-order valence-electron chi connectivity index (χ2n) is 9.54. The fraction of sp³-hybridized carbons (Fsp3) is 0.583. The van der Waals surface area contributed by atoms with Gasteiger partial charge in [-0.25, -0.2) is 0 Å². The number of alkyl halides is 2. The second-order valence-corrected chi connectivity index (χ2v) is 9.54. The number of imide groups is 1. The second kappa shape index (κ2) is 9.98. The molecule has 9 nitrogen and oxygen atoms in total. The van der Waals surface area contributed by atoms with Crippen LogP contribution in [-0.2, 0) is 32.2 Å². The van der Waals surface area contributed by atoms with Crippen LogP contribution in [0.1, 0.15) is 61.0 Å². The van der Waals surface area contributed by atoms with Crippen LogP contribution in [0.2, 0.25) is 0 Å². The Morgan fingerprint density at radius 2 is 2.00 bits per heavy atom. The van der Waals surface area contributed by atoms with Crippen LogP contribution in [0.25, 0.3) is 0 Å². The molecule has 3 heterocycles. The Morgan fingerprint density at radius 3 is 2.66 bits per heavy atom. The molecule has 0 aromatic heterocycles. The molecular weight excluding hydrogens is 462 g/mol. The highest BCUT2D eigenvalue weighted by molar-refractivity contribution is 6.05. The molecule has 4 rings (SSSR count). The molecule has 1 aromatic rings. The van der Waals surface area contributed by atoms with E-state index in [1.807, 2.05) is 13.8 Å². The molecule has 0 saturated carbocycles. The van der Waals surface area contributed by atoms with Gasteiger partial charge in [0.2, 0.25) is 11.8 Å². The van der Waals surface area contributed by atoms with Crippen molar-refractivity contribution in [3.05, 3.63) is 34.9 Å². The van der Waals surface area contributed by atoms with E-state index in [2.05, 4.69) is 16.0 Å². The summed E-state index contributed by atoms with van der Waals surface area (Å²) in [7, 11) is 0. The van der Waals surface area contributed by atoms with Gasteiger partial charge in [-0.2, -0.15) is 8.78 Å². The summed E-state index contributed by atoms with van der Waals surface area (Å²) in [5.41, 5.74) is 1.62. The molecule has 3 aliphatic heterocycles. The van der Waals surface area contributed by atoms with Gasteiger partial charge in [0.1, 0.15) is 6.04 Å². The van der Waals surface area contributed by atoms with Gasteiger partial charge < -0.3 is 20.3 Å². The molecule has 3 atom stereocenters. The quantitative estimate of drug-likeness (QED) is 0.494. The summed E-state index contributed by atoms with van der Waals surface area (Å²) < 4.78 is 35.2. The smallest absolute Gasteiger partial charge is 0.339 e. The Balaban J connectivity index is 1.33. The number of ether oxygens (including phenoxy) is 1. The van der Waals surface area contributed by atoms with Crippen LogP contribution in [0.3, 0.4) is 0 Å². The number of amides is 4. The Hall–Kier alpha value is -2.92. The van der Waals surface area contributed by atoms with Gasteiger partial charge in [0, 0.05) is 31.6 Å². The number of carbonyl (C=O) groups excluding carboxylic acids is 4. The zero-order valence-corrected chi connectivity index (χ0v) is 19.7. The Kier molecular flexibility index (Phi) is 7.18. The number of halogens is 2. The monoisotopic (exact) mass is 492 g/mol. The van der Waals surface area contributed by atoms with Gasteiger partial charge in [-0.05, 0) is 50.3 Å². The largest absolute Gasteiger partial charge is 0.374 e. The highest BCUT2D eigenvalue weighted by Crippen LogP contribution is 2.29. The van der Waals surface area contributed by atoms with Gasteiger partial charge in [-0.1, -0.05) is 12.1 Å². The lowest BCUT2D eigenvalue weighted by Crippen LogP contribution is -2.58. The van der Waals surface area contributed by atoms with Crippen molar-refractivity contribution in [1.82, 2.24) is 20.9 Å². The summed E-state index contributed by atoms with van der Waals surface area (Å²) in [4.78, 5) is 50.1. The fourth-order valence-corrected chi connectivity index (χ4v) is 4.84. The van der Waals surface area contributed by atoms with Gasteiger partial charge in [-0.15, -0.1) is 0 Å². The van der Waals surface area contributed by atoms with Crippen molar-refractivity contribution in [2.45, 2.75) is 82.8 Å². The Morgan fingerprint density at radius 1 is 1.23 bits per heavy atom. The van der Waals surface area contributed by atoms with Crippen LogP contribution in [-0.4, -0.2) is 65.3 Å². The molecule has 0 radical (unpaired) electrons. The first kappa shape index (κ1) is 25.2. The van der Waals surface area contributed by atoms with E-state index in [0.717, 1.165) is 0 Å². The lowest BCUT2D eigenvalue weighted by atomic mass is 9.96. The highest BCUT2D eigenvalue weighted by Gasteiger charge is 2.48. The number of hydrogen-bond donors (Lipinski definition) is 3. The number of rotatable bonds is 7. The maximum absolute atomic E-state index is 14.8. The molecule has 3 aliphatic rings. The van der Waals surface area contributed by atoms with Gasteiger partial charge >= 0.3 is 5.92 Å². The first-order chi connectivity index (χ1) is 16.6. The number of fused-ring (bicyclic) bond motifs is 1. The van der Waals surface area contributed by atoms with Gasteiger partial charge in [0.25, 0.3) is 11.8 Å². The SMILES string of the molecule is CC(C)OC1CCC(C(F)(F)C(=O)NCc2ccc3c(c2)CN(C2CCC(=O)NC2=O)C3=O)NC1. The summed E-state index contributed by atoms with van der Waals surface area (Å²) in [6.07, 6.45) is 0.821. The van der Waals surface area contributed by atoms with Gasteiger partial charge in [0.15, 0.2) is 0 Å². The van der Waals surface area contributed by atoms with E-state index in [1.54, 1.807) is 18.2 Å². The molecule has 0 spiro atoms. The highest BCUT2D eigenvalue weighted by atomic mass is 19.3. The van der Waals surface area contributed by atoms with Crippen molar-refractivity contribution in [3.8, 4) is 0 Å². The minimum atomic E-state index is -3.59. The van der Waals surface area contributed by atoms with Crippen molar-refractivity contribution < 1.29 is 32.7 Å². The number of hydrogen-bond acceptors (Lipinski definition) is 6. The molecule has 2 fully saturated rings. The van der Waals surface area contributed by atoms with Crippen molar-refractivity contribution in [3.63, 3.8) is 0 Å². The molecular formula is C24H30F2N4O5. The minimum absolute atomic E-state index is 0.000810. The number of nitrogens with one attached hydrogen (secondary N) is 3. The van der Waals surface area contributed by atoms with Crippen LogP contribution in [0.4, 0.5) is 8.78 Å². The molecule has 3 unspecified atom stereocenters. The first-order valence-corrected chi connectivity index (χ1v) is 11.9. The number of benzene rings is 1. The third-order valence-electron chi connectivity index (χ3n) is 6.62. The van der Waals surface area contributed by atoms with Gasteiger partial charge in [0.05, 0.1) is 18.2 Å². The van der Waals surface area contributed by atoms with Crippen LogP contribution in [0, 0.1) is 0 Å². The van der Waals surface area contributed by atoms with Crippen LogP contribution in [0.5, 0.6) is 0 Å². The molecule has 2 saturated heterocycles. The van der Waals surface area contributed by atoms with E-state index in [9.17, 15) is 28.0 Å². The summed E-state index contributed by atoms with van der Waals surface area (Å²) in [5, 5.41) is 7.30. The molecule has 4 amide bonds. The van der Waals surface area contributed by atoms with E-state index in [4.69, 9.17) is 4.74 Å². The lowest BCUT2D eigenvalue weighted by molar-refractivity contribution is -0.153. The summed E-state index contributed by atoms with van der Waals surface area (Å²) >= 11 is 0. The maximum Gasteiger partial charge on any atom is 0.339 e. The fourth-order valence-electron chi connectivity index (χ4n) is 4.84. The predicted octanol–water partition coefficient (Wildman–Crippen LogP) is 1.24. The van der Waals surface area contributed by atoms with E-state index in [0.29, 0.717) is 23.1 Å². The van der Waals surface area contributed by atoms with E-state index in [1.165, 1.54) is 4.90 Å². The average molecular weight is 493 g/mol. The minimum Gasteiger partial charge on any atom is -0.374 e. The van der Waals surface area contributed by atoms with Crippen molar-refractivity contribution in [1.29, 1.82) is 0 Å². The summed E-state index contributed by atoms with van der Waals surface area (Å²) in [5.74, 6) is -6.13. The van der Waals surface area contributed by atoms with Gasteiger partial charge in [-0.3, -0.25) is 24.5 Å². The van der Waals surface area contributed by atoms with Crippen LogP contribution < -0.4 is 16.0 Å². The molecule has 11 heteroatoms. The molecule has 35 heavy (non-hydrogen) atoms. The number of nitrogens with zero attached hydrogens (tertiary/aromatic N) is 1. The maximum atomic E-state index is 14.8. The third kappa shape index (κ3) is 5.35. The van der Waals surface area contributed by atoms with Crippen molar-refractivity contribution >= 4 is 23.6 Å². The van der Waals surface area contributed by atoms with E-state index >= 15 is 0 Å². The Bertz CT molecular complexity index is 1020. The first-order valence-electron chi connectivity index (χ1n) is 11.9. The summed E-state index contributed by atoms with van der Waals surface area (Å²) in [6.45, 7) is 4.07. The number of carbonyl (C=O) groups is 4. The number of piperidine rings is 2. The zero-order chi connectivity index (χ0) is 25.3. The normalized spacial score (nSPS) is 25.0. The summed E-state index contributed by atoms with van der Waals surface area (Å²) in [6, 6.07) is 2.83. The molecule has 3 N–H and O–H groups in total. The van der Waals surface area contributed by atoms with Crippen LogP contribution in [0.15, 0.2) is 18.2 Å².